The first kappa shape index (κ1) is 16.4. The Morgan fingerprint density at radius 2 is 1.65 bits per heavy atom. The predicted molar refractivity (Wildman–Crippen MR) is 73.1 cm³/mol. The van der Waals surface area contributed by atoms with Crippen LogP contribution >= 0.6 is 0 Å². The van der Waals surface area contributed by atoms with Crippen LogP contribution in [0.3, 0.4) is 0 Å². The number of carboxylic acid groups (broad SMARTS) is 1. The molecule has 1 heterocycles. The fourth-order valence-corrected chi connectivity index (χ4v) is 2.13. The van der Waals surface area contributed by atoms with Gasteiger partial charge in [-0.05, 0) is 19.9 Å². The second-order valence-corrected chi connectivity index (χ2v) is 5.45. The molecular formula is C13H23N3O4. The molecule has 7 heteroatoms. The normalized spacial score (nSPS) is 16.3. The highest BCUT2D eigenvalue weighted by atomic mass is 16.4. The molecule has 0 bridgehead atoms. The highest BCUT2D eigenvalue weighted by molar-refractivity contribution is 5.81. The monoisotopic (exact) mass is 285 g/mol. The molecule has 0 saturated carbocycles. The summed E-state index contributed by atoms with van der Waals surface area (Å²) in [6.45, 7) is 1.33. The van der Waals surface area contributed by atoms with Crippen molar-refractivity contribution in [3.05, 3.63) is 0 Å². The topological polar surface area (TPSA) is 81.2 Å². The quantitative estimate of drug-likeness (QED) is 0.724. The lowest BCUT2D eigenvalue weighted by molar-refractivity contribution is -0.146. The number of aliphatic carboxylic acids is 1. The van der Waals surface area contributed by atoms with E-state index in [0.717, 1.165) is 0 Å². The zero-order valence-electron chi connectivity index (χ0n) is 12.3. The van der Waals surface area contributed by atoms with Crippen molar-refractivity contribution in [1.29, 1.82) is 0 Å². The maximum absolute atomic E-state index is 12.0. The molecule has 2 amide bonds. The molecule has 0 aromatic carbocycles. The van der Waals surface area contributed by atoms with Crippen LogP contribution < -0.4 is 0 Å². The van der Waals surface area contributed by atoms with Crippen LogP contribution in [0.15, 0.2) is 0 Å². The number of piperidine rings is 1. The van der Waals surface area contributed by atoms with E-state index < -0.39 is 5.97 Å². The molecule has 1 fully saturated rings. The molecule has 1 N–H and O–H groups in total. The van der Waals surface area contributed by atoms with Crippen molar-refractivity contribution in [1.82, 2.24) is 14.7 Å². The number of hydrogen-bond acceptors (Lipinski definition) is 4. The molecule has 0 atom stereocenters. The lowest BCUT2D eigenvalue weighted by Gasteiger charge is -2.31. The van der Waals surface area contributed by atoms with E-state index in [1.165, 1.54) is 4.90 Å². The first-order valence-corrected chi connectivity index (χ1v) is 6.70. The van der Waals surface area contributed by atoms with Crippen LogP contribution in [0.1, 0.15) is 12.8 Å². The Morgan fingerprint density at radius 1 is 1.10 bits per heavy atom. The van der Waals surface area contributed by atoms with Gasteiger partial charge in [-0.1, -0.05) is 0 Å². The predicted octanol–water partition coefficient (Wildman–Crippen LogP) is -0.670. The Labute approximate surface area is 119 Å². The smallest absolute Gasteiger partial charge is 0.306 e. The third-order valence-corrected chi connectivity index (χ3v) is 3.51. The van der Waals surface area contributed by atoms with Crippen molar-refractivity contribution in [2.24, 2.45) is 5.92 Å². The number of rotatable bonds is 5. The Bertz CT molecular complexity index is 376. The number of carbonyl (C=O) groups is 3. The third-order valence-electron chi connectivity index (χ3n) is 3.51. The van der Waals surface area contributed by atoms with Crippen LogP contribution in [-0.2, 0) is 14.4 Å². The van der Waals surface area contributed by atoms with Crippen LogP contribution in [0.4, 0.5) is 0 Å². The van der Waals surface area contributed by atoms with E-state index in [1.807, 2.05) is 0 Å². The number of likely N-dealkylation sites (tertiary alicyclic amines) is 1. The van der Waals surface area contributed by atoms with Crippen molar-refractivity contribution in [2.45, 2.75) is 12.8 Å². The molecular weight excluding hydrogens is 262 g/mol. The number of likely N-dealkylation sites (N-methyl/N-ethyl adjacent to an activating group) is 2. The minimum atomic E-state index is -0.786. The highest BCUT2D eigenvalue weighted by Crippen LogP contribution is 2.17. The Balaban J connectivity index is 2.36. The number of nitrogens with zero attached hydrogens (tertiary/aromatic N) is 3. The number of amides is 2. The molecule has 114 valence electrons. The summed E-state index contributed by atoms with van der Waals surface area (Å²) in [6, 6.07) is 0. The summed E-state index contributed by atoms with van der Waals surface area (Å²) in [5, 5.41) is 8.91. The summed E-state index contributed by atoms with van der Waals surface area (Å²) in [5.74, 6) is -1.23. The van der Waals surface area contributed by atoms with Gasteiger partial charge in [-0.2, -0.15) is 0 Å². The molecule has 0 unspecified atom stereocenters. The van der Waals surface area contributed by atoms with Crippen molar-refractivity contribution >= 4 is 17.8 Å². The Morgan fingerprint density at radius 3 is 2.10 bits per heavy atom. The summed E-state index contributed by atoms with van der Waals surface area (Å²) < 4.78 is 0. The summed E-state index contributed by atoms with van der Waals surface area (Å²) in [5.41, 5.74) is 0. The van der Waals surface area contributed by atoms with Crippen molar-refractivity contribution in [3.63, 3.8) is 0 Å². The average Bonchev–Trinajstić information content (AvgIpc) is 2.38. The van der Waals surface area contributed by atoms with Crippen LogP contribution in [0.25, 0.3) is 0 Å². The molecule has 7 nitrogen and oxygen atoms in total. The van der Waals surface area contributed by atoms with Gasteiger partial charge in [0.05, 0.1) is 19.0 Å². The Hall–Kier alpha value is -1.63. The molecule has 0 spiro atoms. The number of hydrogen-bond donors (Lipinski definition) is 1. The molecule has 1 aliphatic rings. The van der Waals surface area contributed by atoms with Crippen molar-refractivity contribution < 1.29 is 19.5 Å². The van der Waals surface area contributed by atoms with E-state index >= 15 is 0 Å². The molecule has 1 rings (SSSR count). The van der Waals surface area contributed by atoms with Crippen molar-refractivity contribution in [2.75, 3.05) is 47.3 Å². The van der Waals surface area contributed by atoms with Gasteiger partial charge in [-0.25, -0.2) is 0 Å². The zero-order chi connectivity index (χ0) is 15.3. The molecule has 1 saturated heterocycles. The third kappa shape index (κ3) is 4.80. The molecule has 0 aliphatic carbocycles. The van der Waals surface area contributed by atoms with Gasteiger partial charge in [0.2, 0.25) is 11.8 Å². The van der Waals surface area contributed by atoms with Crippen LogP contribution in [-0.4, -0.2) is 84.9 Å². The van der Waals surface area contributed by atoms with Gasteiger partial charge in [0.1, 0.15) is 0 Å². The van der Waals surface area contributed by atoms with Gasteiger partial charge in [0.25, 0.3) is 0 Å². The summed E-state index contributed by atoms with van der Waals surface area (Å²) in [7, 11) is 5.08. The van der Waals surface area contributed by atoms with Crippen LogP contribution in [0.2, 0.25) is 0 Å². The fourth-order valence-electron chi connectivity index (χ4n) is 2.13. The number of carbonyl (C=O) groups excluding carboxylic acids is 2. The molecule has 0 aromatic heterocycles. The van der Waals surface area contributed by atoms with E-state index in [2.05, 4.69) is 0 Å². The van der Waals surface area contributed by atoms with Crippen LogP contribution in [0, 0.1) is 5.92 Å². The zero-order valence-corrected chi connectivity index (χ0v) is 12.3. The molecule has 0 aromatic rings. The summed E-state index contributed by atoms with van der Waals surface area (Å²) in [4.78, 5) is 39.2. The second-order valence-electron chi connectivity index (χ2n) is 5.45. The Kier molecular flexibility index (Phi) is 5.94. The summed E-state index contributed by atoms with van der Waals surface area (Å²) in [6.07, 6.45) is 1.00. The molecule has 20 heavy (non-hydrogen) atoms. The van der Waals surface area contributed by atoms with E-state index in [1.54, 1.807) is 30.9 Å². The van der Waals surface area contributed by atoms with E-state index in [4.69, 9.17) is 5.11 Å². The highest BCUT2D eigenvalue weighted by Gasteiger charge is 2.27. The van der Waals surface area contributed by atoms with Crippen molar-refractivity contribution in [3.8, 4) is 0 Å². The van der Waals surface area contributed by atoms with Gasteiger partial charge >= 0.3 is 5.97 Å². The SMILES string of the molecule is CN(CC(=O)N(C)C)CC(=O)N1CCC(C(=O)O)CC1. The first-order valence-electron chi connectivity index (χ1n) is 6.70. The second kappa shape index (κ2) is 7.23. The largest absolute Gasteiger partial charge is 0.481 e. The average molecular weight is 285 g/mol. The lowest BCUT2D eigenvalue weighted by Crippen LogP contribution is -2.46. The standard InChI is InChI=1S/C13H23N3O4/c1-14(2)11(17)8-15(3)9-12(18)16-6-4-10(5-7-16)13(19)20/h10H,4-9H2,1-3H3,(H,19,20). The summed E-state index contributed by atoms with van der Waals surface area (Å²) >= 11 is 0. The van der Waals surface area contributed by atoms with Gasteiger partial charge < -0.3 is 14.9 Å². The van der Waals surface area contributed by atoms with E-state index in [0.29, 0.717) is 25.9 Å². The van der Waals surface area contributed by atoms with Gasteiger partial charge in [-0.3, -0.25) is 19.3 Å². The van der Waals surface area contributed by atoms with Gasteiger partial charge in [0, 0.05) is 27.2 Å². The van der Waals surface area contributed by atoms with Crippen LogP contribution in [0.5, 0.6) is 0 Å². The minimum absolute atomic E-state index is 0.0510. The van der Waals surface area contributed by atoms with E-state index in [-0.39, 0.29) is 30.8 Å². The van der Waals surface area contributed by atoms with Gasteiger partial charge in [0.15, 0.2) is 0 Å². The molecule has 0 radical (unpaired) electrons. The number of carboxylic acids is 1. The minimum Gasteiger partial charge on any atom is -0.481 e. The maximum atomic E-state index is 12.0. The molecule has 1 aliphatic heterocycles. The first-order chi connectivity index (χ1) is 9.31. The van der Waals surface area contributed by atoms with E-state index in [9.17, 15) is 14.4 Å². The fraction of sp³-hybridized carbons (Fsp3) is 0.769. The lowest BCUT2D eigenvalue weighted by atomic mass is 9.97. The maximum Gasteiger partial charge on any atom is 0.306 e. The van der Waals surface area contributed by atoms with Gasteiger partial charge in [-0.15, -0.1) is 0 Å².